The summed E-state index contributed by atoms with van der Waals surface area (Å²) < 4.78 is 26.1. The number of quaternary nitrogens is 1. The molecule has 7 heteroatoms. The molecule has 0 aliphatic carbocycles. The second kappa shape index (κ2) is 7.85. The first kappa shape index (κ1) is 20.8. The van der Waals surface area contributed by atoms with Crippen molar-refractivity contribution in [2.45, 2.75) is 24.3 Å². The highest BCUT2D eigenvalue weighted by molar-refractivity contribution is 7.91. The Hall–Kier alpha value is -1.89. The van der Waals surface area contributed by atoms with Crippen molar-refractivity contribution in [3.8, 4) is 0 Å². The van der Waals surface area contributed by atoms with Gasteiger partial charge in [0.1, 0.15) is 11.8 Å². The van der Waals surface area contributed by atoms with Crippen LogP contribution in [0.2, 0.25) is 5.02 Å². The maximum absolute atomic E-state index is 12.7. The van der Waals surface area contributed by atoms with E-state index in [4.69, 9.17) is 11.6 Å². The Morgan fingerprint density at radius 3 is 2.25 bits per heavy atom. The van der Waals surface area contributed by atoms with E-state index in [1.165, 1.54) is 0 Å². The third kappa shape index (κ3) is 4.74. The van der Waals surface area contributed by atoms with E-state index in [9.17, 15) is 8.42 Å². The van der Waals surface area contributed by atoms with Crippen LogP contribution in [0.25, 0.3) is 0 Å². The fourth-order valence-electron chi connectivity index (χ4n) is 2.95. The molecule has 1 unspecified atom stereocenters. The lowest BCUT2D eigenvalue weighted by atomic mass is 10.1. The van der Waals surface area contributed by atoms with Crippen molar-refractivity contribution in [2.75, 3.05) is 38.4 Å². The molecule has 0 bridgehead atoms. The fourth-order valence-corrected chi connectivity index (χ4v) is 4.90. The van der Waals surface area contributed by atoms with Crippen LogP contribution in [-0.4, -0.2) is 58.1 Å². The predicted octanol–water partition coefficient (Wildman–Crippen LogP) is 3.82. The van der Waals surface area contributed by atoms with Gasteiger partial charge in [-0.1, -0.05) is 23.7 Å². The number of sulfone groups is 1. The first-order valence-corrected chi connectivity index (χ1v) is 11.3. The Labute approximate surface area is 172 Å². The number of rotatable bonds is 6. The summed E-state index contributed by atoms with van der Waals surface area (Å²) in [7, 11) is 2.70. The summed E-state index contributed by atoms with van der Waals surface area (Å²) in [6, 6.07) is 14.7. The number of hydrogen-bond donors (Lipinski definition) is 0. The van der Waals surface area contributed by atoms with Gasteiger partial charge in [-0.2, -0.15) is 5.10 Å². The van der Waals surface area contributed by atoms with Crippen molar-refractivity contribution >= 4 is 32.8 Å². The third-order valence-corrected chi connectivity index (χ3v) is 7.42. The number of benzene rings is 2. The molecule has 1 heterocycles. The molecule has 3 rings (SSSR count). The van der Waals surface area contributed by atoms with Gasteiger partial charge in [-0.25, -0.2) is 8.42 Å². The molecular formula is C21H27ClN3O2S+. The van der Waals surface area contributed by atoms with Crippen molar-refractivity contribution in [3.63, 3.8) is 0 Å². The van der Waals surface area contributed by atoms with Gasteiger partial charge in [0, 0.05) is 18.0 Å². The smallest absolute Gasteiger partial charge is 0.184 e. The number of halogens is 1. The molecule has 28 heavy (non-hydrogen) atoms. The van der Waals surface area contributed by atoms with Crippen LogP contribution in [-0.2, 0) is 9.84 Å². The summed E-state index contributed by atoms with van der Waals surface area (Å²) in [5.41, 5.74) is 2.95. The molecule has 1 aliphatic heterocycles. The van der Waals surface area contributed by atoms with E-state index in [0.29, 0.717) is 14.4 Å². The van der Waals surface area contributed by atoms with Gasteiger partial charge in [0.15, 0.2) is 9.84 Å². The summed E-state index contributed by atoms with van der Waals surface area (Å²) in [4.78, 5) is 0.359. The maximum atomic E-state index is 12.7. The van der Waals surface area contributed by atoms with Crippen molar-refractivity contribution in [1.82, 2.24) is 0 Å². The molecule has 5 nitrogen and oxygen atoms in total. The van der Waals surface area contributed by atoms with Gasteiger partial charge >= 0.3 is 0 Å². The largest absolute Gasteiger partial charge is 0.328 e. The Balaban J connectivity index is 1.75. The second-order valence-electron chi connectivity index (χ2n) is 8.17. The summed E-state index contributed by atoms with van der Waals surface area (Å²) in [6.07, 6.45) is 0.836. The first-order valence-electron chi connectivity index (χ1n) is 9.31. The molecule has 0 N–H and O–H groups in total. The van der Waals surface area contributed by atoms with Crippen LogP contribution in [0.4, 0.5) is 5.69 Å². The molecule has 150 valence electrons. The highest BCUT2D eigenvalue weighted by Gasteiger charge is 2.27. The molecule has 0 saturated heterocycles. The second-order valence-corrected chi connectivity index (χ2v) is 10.6. The summed E-state index contributed by atoms with van der Waals surface area (Å²) >= 11 is 5.95. The quantitative estimate of drug-likeness (QED) is 0.667. The molecule has 0 fully saturated rings. The van der Waals surface area contributed by atoms with E-state index >= 15 is 0 Å². The normalized spacial score (nSPS) is 16.2. The van der Waals surface area contributed by atoms with Gasteiger partial charge in [0.25, 0.3) is 0 Å². The lowest BCUT2D eigenvalue weighted by Gasteiger charge is -2.31. The minimum absolute atomic E-state index is 0.00907. The summed E-state index contributed by atoms with van der Waals surface area (Å²) in [5, 5.41) is 7.30. The van der Waals surface area contributed by atoms with Crippen LogP contribution in [0, 0.1) is 0 Å². The van der Waals surface area contributed by atoms with Crippen molar-refractivity contribution in [3.05, 3.63) is 59.1 Å². The van der Waals surface area contributed by atoms with Crippen molar-refractivity contribution < 1.29 is 12.9 Å². The van der Waals surface area contributed by atoms with Crippen LogP contribution in [0.5, 0.6) is 0 Å². The number of anilines is 1. The Morgan fingerprint density at radius 1 is 1.07 bits per heavy atom. The zero-order valence-electron chi connectivity index (χ0n) is 16.8. The average molecular weight is 421 g/mol. The molecule has 0 spiro atoms. The molecule has 0 aromatic heterocycles. The highest BCUT2D eigenvalue weighted by Crippen LogP contribution is 2.25. The SMILES string of the molecule is CC(CS(=O)(=O)c1ccc(N2CCC(c3ccc(Cl)cc3)=N2)cc1)[N+](C)(C)C. The number of nitrogens with zero attached hydrogens (tertiary/aromatic N) is 3. The first-order chi connectivity index (χ1) is 13.1. The maximum Gasteiger partial charge on any atom is 0.184 e. The zero-order valence-corrected chi connectivity index (χ0v) is 18.3. The fraction of sp³-hybridized carbons (Fsp3) is 0.381. The molecule has 0 saturated carbocycles. The van der Waals surface area contributed by atoms with E-state index in [0.717, 1.165) is 29.9 Å². The van der Waals surface area contributed by atoms with Gasteiger partial charge in [-0.3, -0.25) is 5.01 Å². The summed E-state index contributed by atoms with van der Waals surface area (Å²) in [6.45, 7) is 2.73. The monoisotopic (exact) mass is 420 g/mol. The minimum atomic E-state index is -3.32. The molecule has 0 radical (unpaired) electrons. The number of hydrazone groups is 1. The van der Waals surface area contributed by atoms with Gasteiger partial charge in [-0.05, 0) is 48.9 Å². The lowest BCUT2D eigenvalue weighted by molar-refractivity contribution is -0.891. The van der Waals surface area contributed by atoms with Gasteiger partial charge in [0.05, 0.1) is 37.4 Å². The molecule has 1 aliphatic rings. The number of hydrogen-bond acceptors (Lipinski definition) is 4. The Kier molecular flexibility index (Phi) is 5.84. The van der Waals surface area contributed by atoms with Gasteiger partial charge in [-0.15, -0.1) is 0 Å². The minimum Gasteiger partial charge on any atom is -0.328 e. The van der Waals surface area contributed by atoms with Crippen molar-refractivity contribution in [2.24, 2.45) is 5.10 Å². The Morgan fingerprint density at radius 2 is 1.68 bits per heavy atom. The third-order valence-electron chi connectivity index (χ3n) is 5.26. The molecule has 2 aromatic carbocycles. The zero-order chi connectivity index (χ0) is 20.5. The lowest BCUT2D eigenvalue weighted by Crippen LogP contribution is -2.46. The van der Waals surface area contributed by atoms with Gasteiger partial charge in [0.2, 0.25) is 0 Å². The standard InChI is InChI=1S/C21H27ClN3O2S/c1-16(25(2,3)4)15-28(26,27)20-11-9-19(10-12-20)24-14-13-21(23-24)17-5-7-18(22)8-6-17/h5-12,16H,13-15H2,1-4H3/q+1. The van der Waals surface area contributed by atoms with E-state index < -0.39 is 9.84 Å². The molecular weight excluding hydrogens is 394 g/mol. The van der Waals surface area contributed by atoms with E-state index in [1.807, 2.05) is 69.5 Å². The summed E-state index contributed by atoms with van der Waals surface area (Å²) in [5.74, 6) is 0.123. The van der Waals surface area contributed by atoms with Crippen molar-refractivity contribution in [1.29, 1.82) is 0 Å². The van der Waals surface area contributed by atoms with Crippen LogP contribution >= 0.6 is 11.6 Å². The molecule has 2 aromatic rings. The van der Waals surface area contributed by atoms with E-state index in [-0.39, 0.29) is 11.8 Å². The topological polar surface area (TPSA) is 49.7 Å². The predicted molar refractivity (Wildman–Crippen MR) is 116 cm³/mol. The molecule has 0 amide bonds. The molecule has 1 atom stereocenters. The highest BCUT2D eigenvalue weighted by atomic mass is 35.5. The van der Waals surface area contributed by atoms with Crippen LogP contribution < -0.4 is 5.01 Å². The van der Waals surface area contributed by atoms with Crippen LogP contribution in [0.1, 0.15) is 18.9 Å². The average Bonchev–Trinajstić information content (AvgIpc) is 3.11. The van der Waals surface area contributed by atoms with Gasteiger partial charge < -0.3 is 4.48 Å². The van der Waals surface area contributed by atoms with E-state index in [2.05, 4.69) is 5.10 Å². The Bertz CT molecular complexity index is 962. The van der Waals surface area contributed by atoms with Crippen LogP contribution in [0.15, 0.2) is 58.5 Å². The van der Waals surface area contributed by atoms with Crippen LogP contribution in [0.3, 0.4) is 0 Å². The van der Waals surface area contributed by atoms with E-state index in [1.54, 1.807) is 12.1 Å².